The zero-order chi connectivity index (χ0) is 31.5. The highest BCUT2D eigenvalue weighted by Gasteiger charge is 2.31. The minimum Gasteiger partial charge on any atom is -0.449 e. The number of rotatable bonds is 4. The van der Waals surface area contributed by atoms with E-state index >= 15 is 0 Å². The van der Waals surface area contributed by atoms with Crippen molar-refractivity contribution >= 4 is 35.2 Å². The second-order valence-corrected chi connectivity index (χ2v) is 11.3. The van der Waals surface area contributed by atoms with E-state index in [0.717, 1.165) is 10.9 Å². The molecule has 3 N–H and O–H groups in total. The van der Waals surface area contributed by atoms with Gasteiger partial charge in [-0.15, -0.1) is 0 Å². The summed E-state index contributed by atoms with van der Waals surface area (Å²) in [6.07, 6.45) is -5.24. The number of ether oxygens (including phenoxy) is 2. The van der Waals surface area contributed by atoms with E-state index in [1.54, 1.807) is 6.20 Å². The molecule has 14 nitrogen and oxygen atoms in total. The lowest BCUT2D eigenvalue weighted by molar-refractivity contribution is -0.140. The van der Waals surface area contributed by atoms with Gasteiger partial charge < -0.3 is 34.5 Å². The van der Waals surface area contributed by atoms with Crippen LogP contribution in [0.1, 0.15) is 47.2 Å². The van der Waals surface area contributed by atoms with Crippen LogP contribution in [-0.2, 0) is 21.4 Å². The Balaban J connectivity index is 0.000000616. The number of nitrogens with one attached hydrogen (secondary N) is 1. The van der Waals surface area contributed by atoms with Crippen LogP contribution < -0.4 is 10.2 Å². The fraction of sp³-hybridized carbons (Fsp3) is 0.560. The van der Waals surface area contributed by atoms with Crippen molar-refractivity contribution in [3.05, 3.63) is 18.2 Å². The molecule has 4 rings (SSSR count). The Morgan fingerprint density at radius 1 is 1.00 bits per heavy atom. The molecule has 0 unspecified atom stereocenters. The number of carbonyl (C=O) groups is 2. The molecule has 3 aromatic rings. The summed E-state index contributed by atoms with van der Waals surface area (Å²) < 4.78 is 49.4. The van der Waals surface area contributed by atoms with Crippen LogP contribution in [0.2, 0.25) is 0 Å². The summed E-state index contributed by atoms with van der Waals surface area (Å²) in [5, 5.41) is 18.2. The molecule has 0 radical (unpaired) electrons. The molecule has 1 fully saturated rings. The lowest BCUT2D eigenvalue weighted by Gasteiger charge is -2.28. The number of halogens is 3. The topological polar surface area (TPSA) is 178 Å². The van der Waals surface area contributed by atoms with Crippen molar-refractivity contribution in [3.8, 4) is 11.4 Å². The van der Waals surface area contributed by atoms with Crippen LogP contribution in [0.5, 0.6) is 0 Å². The Morgan fingerprint density at radius 2 is 1.62 bits per heavy atom. The average Bonchev–Trinajstić information content (AvgIpc) is 3.23. The predicted octanol–water partition coefficient (Wildman–Crippen LogP) is 4.55. The van der Waals surface area contributed by atoms with Crippen molar-refractivity contribution in [3.63, 3.8) is 0 Å². The normalized spacial score (nSPS) is 14.3. The molecule has 0 aromatic carbocycles. The average molecular weight is 599 g/mol. The number of imidazole rings is 1. The molecular weight excluding hydrogens is 565 g/mol. The summed E-state index contributed by atoms with van der Waals surface area (Å²) in [4.78, 5) is 43.2. The van der Waals surface area contributed by atoms with Gasteiger partial charge in [0.1, 0.15) is 6.54 Å². The molecule has 230 valence electrons. The highest BCUT2D eigenvalue weighted by Crippen LogP contribution is 2.34. The standard InChI is InChI=1S/C23H31F3N8O.C2H2O5/c1-21(2,3)16-14(11-27-20(29-16)32-22(4,5)6)17-30-18(33-7-9-35-10-8-33)15-19(31-17)34(13-28-15)12-23(24,25)26;3-1(4)7-2(5)6/h11,13H,7-10,12H2,1-6H3,(H,27,29,32);(H,3,4)(H,5,6). The minimum atomic E-state index is -4.42. The van der Waals surface area contributed by atoms with Crippen molar-refractivity contribution < 1.29 is 42.4 Å². The van der Waals surface area contributed by atoms with Gasteiger partial charge >= 0.3 is 18.5 Å². The van der Waals surface area contributed by atoms with Crippen LogP contribution in [0.3, 0.4) is 0 Å². The molecule has 0 saturated carbocycles. The first-order valence-corrected chi connectivity index (χ1v) is 12.8. The SMILES string of the molecule is CC(C)(C)Nc1ncc(-c2nc(N3CCOCC3)c3ncn(CC(F)(F)F)c3n2)c(C(C)(C)C)n1.O=C(O)OC(=O)O. The second kappa shape index (κ2) is 12.3. The summed E-state index contributed by atoms with van der Waals surface area (Å²) in [7, 11) is 0. The third-order valence-electron chi connectivity index (χ3n) is 5.51. The molecule has 0 bridgehead atoms. The Bertz CT molecular complexity index is 1410. The van der Waals surface area contributed by atoms with Crippen molar-refractivity contribution in [2.24, 2.45) is 0 Å². The molecule has 4 heterocycles. The Morgan fingerprint density at radius 3 is 2.12 bits per heavy atom. The molecular formula is C25H33F3N8O6. The van der Waals surface area contributed by atoms with Gasteiger partial charge in [-0.25, -0.2) is 34.5 Å². The summed E-state index contributed by atoms with van der Waals surface area (Å²) in [5.74, 6) is 1.20. The number of hydrogen-bond acceptors (Lipinski definition) is 11. The lowest BCUT2D eigenvalue weighted by Crippen LogP contribution is -2.37. The molecule has 0 atom stereocenters. The summed E-state index contributed by atoms with van der Waals surface area (Å²) >= 11 is 0. The van der Waals surface area contributed by atoms with Gasteiger partial charge in [0.05, 0.1) is 30.8 Å². The fourth-order valence-electron chi connectivity index (χ4n) is 3.94. The van der Waals surface area contributed by atoms with E-state index in [-0.39, 0.29) is 17.0 Å². The van der Waals surface area contributed by atoms with Crippen molar-refractivity contribution in [1.29, 1.82) is 0 Å². The molecule has 1 aliphatic heterocycles. The Labute approximate surface area is 238 Å². The second-order valence-electron chi connectivity index (χ2n) is 11.3. The van der Waals surface area contributed by atoms with Gasteiger partial charge in [0, 0.05) is 30.2 Å². The van der Waals surface area contributed by atoms with Gasteiger partial charge in [-0.2, -0.15) is 13.2 Å². The molecule has 0 amide bonds. The fourth-order valence-corrected chi connectivity index (χ4v) is 3.94. The van der Waals surface area contributed by atoms with Crippen LogP contribution in [-0.4, -0.2) is 90.0 Å². The van der Waals surface area contributed by atoms with Gasteiger partial charge in [-0.05, 0) is 20.8 Å². The maximum absolute atomic E-state index is 13.3. The highest BCUT2D eigenvalue weighted by molar-refractivity contribution is 5.86. The van der Waals surface area contributed by atoms with E-state index in [2.05, 4.69) is 25.0 Å². The van der Waals surface area contributed by atoms with E-state index in [4.69, 9.17) is 24.9 Å². The largest absolute Gasteiger partial charge is 0.516 e. The molecule has 17 heteroatoms. The van der Waals surface area contributed by atoms with Crippen LogP contribution in [0.25, 0.3) is 22.6 Å². The Kier molecular flexibility index (Phi) is 9.44. The third kappa shape index (κ3) is 8.86. The van der Waals surface area contributed by atoms with E-state index in [1.165, 1.54) is 0 Å². The van der Waals surface area contributed by atoms with E-state index in [9.17, 15) is 22.8 Å². The van der Waals surface area contributed by atoms with Gasteiger partial charge in [-0.3, -0.25) is 0 Å². The first-order valence-electron chi connectivity index (χ1n) is 12.8. The molecule has 42 heavy (non-hydrogen) atoms. The predicted molar refractivity (Wildman–Crippen MR) is 145 cm³/mol. The van der Waals surface area contributed by atoms with Crippen LogP contribution >= 0.6 is 0 Å². The zero-order valence-electron chi connectivity index (χ0n) is 24.0. The van der Waals surface area contributed by atoms with Gasteiger partial charge in [0.25, 0.3) is 0 Å². The van der Waals surface area contributed by atoms with E-state index in [1.807, 2.05) is 46.4 Å². The number of anilines is 2. The summed E-state index contributed by atoms with van der Waals surface area (Å²) in [6, 6.07) is 0. The lowest BCUT2D eigenvalue weighted by atomic mass is 9.88. The quantitative estimate of drug-likeness (QED) is 0.282. The number of nitrogens with zero attached hydrogens (tertiary/aromatic N) is 7. The first-order chi connectivity index (χ1) is 19.3. The minimum absolute atomic E-state index is 0.116. The third-order valence-corrected chi connectivity index (χ3v) is 5.51. The molecule has 0 aliphatic carbocycles. The van der Waals surface area contributed by atoms with Crippen LogP contribution in [0, 0.1) is 0 Å². The van der Waals surface area contributed by atoms with E-state index in [0.29, 0.717) is 54.8 Å². The van der Waals surface area contributed by atoms with Gasteiger partial charge in [0.15, 0.2) is 22.8 Å². The highest BCUT2D eigenvalue weighted by atomic mass is 19.4. The van der Waals surface area contributed by atoms with Gasteiger partial charge in [-0.1, -0.05) is 20.8 Å². The van der Waals surface area contributed by atoms with Gasteiger partial charge in [0.2, 0.25) is 5.95 Å². The van der Waals surface area contributed by atoms with Crippen LogP contribution in [0.15, 0.2) is 12.5 Å². The Hall–Kier alpha value is -4.28. The zero-order valence-corrected chi connectivity index (χ0v) is 24.0. The molecule has 1 aliphatic rings. The summed E-state index contributed by atoms with van der Waals surface area (Å²) in [5.41, 5.74) is 1.03. The number of fused-ring (bicyclic) bond motifs is 1. The number of alkyl halides is 3. The number of hydrogen-bond donors (Lipinski definition) is 3. The smallest absolute Gasteiger partial charge is 0.449 e. The monoisotopic (exact) mass is 598 g/mol. The summed E-state index contributed by atoms with van der Waals surface area (Å²) in [6.45, 7) is 12.9. The molecule has 0 spiro atoms. The van der Waals surface area contributed by atoms with E-state index < -0.39 is 30.4 Å². The number of carboxylic acid groups (broad SMARTS) is 2. The molecule has 1 saturated heterocycles. The van der Waals surface area contributed by atoms with Crippen molar-refractivity contribution in [2.45, 2.75) is 65.2 Å². The number of morpholine rings is 1. The van der Waals surface area contributed by atoms with Crippen molar-refractivity contribution in [1.82, 2.24) is 29.5 Å². The first kappa shape index (κ1) is 32.2. The maximum Gasteiger partial charge on any atom is 0.516 e. The van der Waals surface area contributed by atoms with Crippen LogP contribution in [0.4, 0.5) is 34.5 Å². The number of aromatic nitrogens is 6. The van der Waals surface area contributed by atoms with Crippen molar-refractivity contribution in [2.75, 3.05) is 36.5 Å². The molecule has 3 aromatic heterocycles. The maximum atomic E-state index is 13.3.